The van der Waals surface area contributed by atoms with Crippen molar-refractivity contribution in [3.8, 4) is 5.75 Å². The van der Waals surface area contributed by atoms with E-state index in [1.807, 2.05) is 0 Å². The van der Waals surface area contributed by atoms with Gasteiger partial charge in [-0.15, -0.1) is 0 Å². The Kier molecular flexibility index (Phi) is 3.66. The van der Waals surface area contributed by atoms with Crippen LogP contribution in [0, 0.1) is 0 Å². The number of benzene rings is 1. The molecule has 0 aromatic heterocycles. The molecule has 0 unspecified atom stereocenters. The van der Waals surface area contributed by atoms with Gasteiger partial charge >= 0.3 is 6.61 Å². The van der Waals surface area contributed by atoms with Crippen LogP contribution in [0.3, 0.4) is 0 Å². The SMILES string of the molecule is O=Cc1c(Cl)ccc(OC(F)F)c1Cl. The van der Waals surface area contributed by atoms with Crippen molar-refractivity contribution in [2.45, 2.75) is 6.61 Å². The van der Waals surface area contributed by atoms with Crippen molar-refractivity contribution in [2.24, 2.45) is 0 Å². The minimum atomic E-state index is -2.99. The minimum absolute atomic E-state index is 0.0634. The van der Waals surface area contributed by atoms with Crippen LogP contribution < -0.4 is 4.74 Å². The summed E-state index contributed by atoms with van der Waals surface area (Å²) in [6, 6.07) is 2.43. The lowest BCUT2D eigenvalue weighted by molar-refractivity contribution is -0.0498. The maximum atomic E-state index is 11.8. The average Bonchev–Trinajstić information content (AvgIpc) is 2.10. The van der Waals surface area contributed by atoms with Crippen molar-refractivity contribution in [1.29, 1.82) is 0 Å². The van der Waals surface area contributed by atoms with Gasteiger partial charge in [0.1, 0.15) is 5.75 Å². The van der Waals surface area contributed by atoms with Crippen molar-refractivity contribution in [3.05, 3.63) is 27.7 Å². The Morgan fingerprint density at radius 3 is 2.50 bits per heavy atom. The summed E-state index contributed by atoms with van der Waals surface area (Å²) < 4.78 is 27.7. The summed E-state index contributed by atoms with van der Waals surface area (Å²) >= 11 is 11.2. The number of rotatable bonds is 3. The molecule has 0 saturated carbocycles. The summed E-state index contributed by atoms with van der Waals surface area (Å²) in [6.45, 7) is -2.99. The van der Waals surface area contributed by atoms with Crippen LogP contribution in [-0.2, 0) is 0 Å². The molecule has 0 spiro atoms. The van der Waals surface area contributed by atoms with Crippen LogP contribution in [-0.4, -0.2) is 12.9 Å². The Bertz CT molecular complexity index is 355. The maximum Gasteiger partial charge on any atom is 0.387 e. The predicted molar refractivity (Wildman–Crippen MR) is 48.5 cm³/mol. The Labute approximate surface area is 88.4 Å². The lowest BCUT2D eigenvalue weighted by Gasteiger charge is -2.08. The van der Waals surface area contributed by atoms with Crippen molar-refractivity contribution in [1.82, 2.24) is 0 Å². The molecule has 0 bridgehead atoms. The van der Waals surface area contributed by atoms with Gasteiger partial charge in [-0.3, -0.25) is 4.79 Å². The average molecular weight is 241 g/mol. The molecular formula is C8H4Cl2F2O2. The highest BCUT2D eigenvalue weighted by atomic mass is 35.5. The zero-order chi connectivity index (χ0) is 10.7. The standard InChI is InChI=1S/C8H4Cl2F2O2/c9-5-1-2-6(14-8(11)12)7(10)4(5)3-13/h1-3,8H. The fourth-order valence-corrected chi connectivity index (χ4v) is 1.35. The second-order valence-corrected chi connectivity index (χ2v) is 3.05. The lowest BCUT2D eigenvalue weighted by Crippen LogP contribution is -2.03. The van der Waals surface area contributed by atoms with Gasteiger partial charge in [0.2, 0.25) is 0 Å². The van der Waals surface area contributed by atoms with E-state index in [-0.39, 0.29) is 21.4 Å². The van der Waals surface area contributed by atoms with Gasteiger partial charge in [0.25, 0.3) is 0 Å². The fourth-order valence-electron chi connectivity index (χ4n) is 0.844. The normalized spacial score (nSPS) is 10.4. The first-order valence-corrected chi connectivity index (χ1v) is 4.20. The van der Waals surface area contributed by atoms with Gasteiger partial charge in [-0.1, -0.05) is 23.2 Å². The molecule has 14 heavy (non-hydrogen) atoms. The monoisotopic (exact) mass is 240 g/mol. The second kappa shape index (κ2) is 4.57. The molecule has 76 valence electrons. The molecule has 1 rings (SSSR count). The van der Waals surface area contributed by atoms with Crippen LogP contribution >= 0.6 is 23.2 Å². The molecule has 0 saturated heterocycles. The molecule has 0 aliphatic carbocycles. The highest BCUT2D eigenvalue weighted by Crippen LogP contribution is 2.32. The molecule has 0 N–H and O–H groups in total. The molecule has 0 fully saturated rings. The Balaban J connectivity index is 3.14. The van der Waals surface area contributed by atoms with E-state index in [9.17, 15) is 13.6 Å². The van der Waals surface area contributed by atoms with Crippen LogP contribution in [0.4, 0.5) is 8.78 Å². The summed E-state index contributed by atoms with van der Waals surface area (Å²) in [4.78, 5) is 10.5. The first-order valence-electron chi connectivity index (χ1n) is 3.44. The summed E-state index contributed by atoms with van der Waals surface area (Å²) in [5, 5.41) is -0.126. The molecule has 6 heteroatoms. The topological polar surface area (TPSA) is 26.3 Å². The third-order valence-electron chi connectivity index (χ3n) is 1.43. The molecule has 2 nitrogen and oxygen atoms in total. The summed E-state index contributed by atoms with van der Waals surface area (Å²) in [5.74, 6) is -0.270. The number of carbonyl (C=O) groups excluding carboxylic acids is 1. The van der Waals surface area contributed by atoms with Gasteiger partial charge in [-0.05, 0) is 12.1 Å². The molecule has 0 atom stereocenters. The Morgan fingerprint density at radius 1 is 1.36 bits per heavy atom. The van der Waals surface area contributed by atoms with Gasteiger partial charge in [-0.25, -0.2) is 0 Å². The van der Waals surface area contributed by atoms with Crippen molar-refractivity contribution >= 4 is 29.5 Å². The smallest absolute Gasteiger partial charge is 0.387 e. The highest BCUT2D eigenvalue weighted by Gasteiger charge is 2.14. The first kappa shape index (κ1) is 11.2. The number of hydrogen-bond acceptors (Lipinski definition) is 2. The van der Waals surface area contributed by atoms with Crippen LogP contribution in [0.25, 0.3) is 0 Å². The van der Waals surface area contributed by atoms with E-state index >= 15 is 0 Å². The fraction of sp³-hybridized carbons (Fsp3) is 0.125. The van der Waals surface area contributed by atoms with Gasteiger partial charge in [0.15, 0.2) is 6.29 Å². The first-order chi connectivity index (χ1) is 6.56. The summed E-state index contributed by atoms with van der Waals surface area (Å²) in [5.41, 5.74) is -0.0634. The Hall–Kier alpha value is -0.870. The van der Waals surface area contributed by atoms with E-state index in [0.29, 0.717) is 6.29 Å². The van der Waals surface area contributed by atoms with Crippen LogP contribution in [0.1, 0.15) is 10.4 Å². The molecule has 1 aromatic rings. The molecule has 0 heterocycles. The van der Waals surface area contributed by atoms with Crippen molar-refractivity contribution in [2.75, 3.05) is 0 Å². The van der Waals surface area contributed by atoms with Crippen LogP contribution in [0.5, 0.6) is 5.75 Å². The van der Waals surface area contributed by atoms with Crippen molar-refractivity contribution < 1.29 is 18.3 Å². The third-order valence-corrected chi connectivity index (χ3v) is 2.14. The molecule has 0 amide bonds. The number of aldehydes is 1. The van der Waals surface area contributed by atoms with Crippen LogP contribution in [0.15, 0.2) is 12.1 Å². The number of ether oxygens (including phenoxy) is 1. The zero-order valence-electron chi connectivity index (χ0n) is 6.64. The molecule has 0 radical (unpaired) electrons. The van der Waals surface area contributed by atoms with Gasteiger partial charge in [-0.2, -0.15) is 8.78 Å². The van der Waals surface area contributed by atoms with Crippen LogP contribution in [0.2, 0.25) is 10.0 Å². The zero-order valence-corrected chi connectivity index (χ0v) is 8.15. The maximum absolute atomic E-state index is 11.8. The Morgan fingerprint density at radius 2 is 2.00 bits per heavy atom. The molecule has 0 aliphatic rings. The summed E-state index contributed by atoms with van der Waals surface area (Å²) in [6.07, 6.45) is 0.378. The van der Waals surface area contributed by atoms with E-state index in [1.54, 1.807) is 0 Å². The minimum Gasteiger partial charge on any atom is -0.433 e. The number of halogens is 4. The van der Waals surface area contributed by atoms with Gasteiger partial charge in [0, 0.05) is 0 Å². The quantitative estimate of drug-likeness (QED) is 0.758. The largest absolute Gasteiger partial charge is 0.433 e. The summed E-state index contributed by atoms with van der Waals surface area (Å²) in [7, 11) is 0. The third kappa shape index (κ3) is 2.33. The predicted octanol–water partition coefficient (Wildman–Crippen LogP) is 3.41. The van der Waals surface area contributed by atoms with E-state index < -0.39 is 6.61 Å². The van der Waals surface area contributed by atoms with E-state index in [0.717, 1.165) is 0 Å². The molecule has 1 aromatic carbocycles. The number of hydrogen-bond donors (Lipinski definition) is 0. The van der Waals surface area contributed by atoms with E-state index in [4.69, 9.17) is 23.2 Å². The molecule has 0 aliphatic heterocycles. The van der Waals surface area contributed by atoms with Gasteiger partial charge in [0.05, 0.1) is 15.6 Å². The van der Waals surface area contributed by atoms with E-state index in [2.05, 4.69) is 4.74 Å². The lowest BCUT2D eigenvalue weighted by atomic mass is 10.2. The van der Waals surface area contributed by atoms with E-state index in [1.165, 1.54) is 12.1 Å². The second-order valence-electron chi connectivity index (χ2n) is 2.27. The molecular weight excluding hydrogens is 237 g/mol. The number of carbonyl (C=O) groups is 1. The highest BCUT2D eigenvalue weighted by molar-refractivity contribution is 6.39. The van der Waals surface area contributed by atoms with Gasteiger partial charge < -0.3 is 4.74 Å². The van der Waals surface area contributed by atoms with Crippen molar-refractivity contribution in [3.63, 3.8) is 0 Å². The number of alkyl halides is 2.